The van der Waals surface area contributed by atoms with Crippen LogP contribution in [-0.2, 0) is 6.54 Å². The predicted octanol–water partition coefficient (Wildman–Crippen LogP) is 5.64. The molecule has 0 aliphatic carbocycles. The summed E-state index contributed by atoms with van der Waals surface area (Å²) in [6.45, 7) is 2.48. The van der Waals surface area contributed by atoms with Crippen LogP contribution in [0, 0.1) is 5.82 Å². The van der Waals surface area contributed by atoms with Gasteiger partial charge in [-0.3, -0.25) is 0 Å². The van der Waals surface area contributed by atoms with Gasteiger partial charge in [0.15, 0.2) is 0 Å². The summed E-state index contributed by atoms with van der Waals surface area (Å²) in [5.41, 5.74) is 1.73. The first-order valence-electron chi connectivity index (χ1n) is 6.09. The zero-order valence-electron chi connectivity index (χ0n) is 10.8. The summed E-state index contributed by atoms with van der Waals surface area (Å²) in [5.74, 6) is -0.341. The molecule has 1 unspecified atom stereocenters. The van der Waals surface area contributed by atoms with Crippen molar-refractivity contribution in [3.8, 4) is 0 Å². The molecule has 0 spiro atoms. The molecule has 2 aromatic rings. The fraction of sp³-hybridized carbons (Fsp3) is 0.200. The minimum Gasteiger partial charge on any atom is -0.306 e. The van der Waals surface area contributed by atoms with Gasteiger partial charge in [-0.2, -0.15) is 0 Å². The molecule has 0 radical (unpaired) electrons. The monoisotopic (exact) mass is 331 g/mol. The summed E-state index contributed by atoms with van der Waals surface area (Å²) in [6, 6.07) is 9.85. The quantitative estimate of drug-likeness (QED) is 0.764. The lowest BCUT2D eigenvalue weighted by Crippen LogP contribution is -2.18. The van der Waals surface area contributed by atoms with E-state index in [1.54, 1.807) is 18.2 Å². The van der Waals surface area contributed by atoms with Crippen molar-refractivity contribution < 1.29 is 4.39 Å². The van der Waals surface area contributed by atoms with Gasteiger partial charge in [-0.1, -0.05) is 40.9 Å². The Morgan fingerprint density at radius 3 is 2.45 bits per heavy atom. The van der Waals surface area contributed by atoms with Crippen molar-refractivity contribution >= 4 is 34.8 Å². The van der Waals surface area contributed by atoms with Crippen molar-refractivity contribution in [3.63, 3.8) is 0 Å². The van der Waals surface area contributed by atoms with Gasteiger partial charge in [-0.25, -0.2) is 4.39 Å². The van der Waals surface area contributed by atoms with E-state index >= 15 is 0 Å². The summed E-state index contributed by atoms with van der Waals surface area (Å²) in [5, 5.41) is 4.87. The van der Waals surface area contributed by atoms with Gasteiger partial charge in [0.05, 0.1) is 0 Å². The number of rotatable bonds is 4. The van der Waals surface area contributed by atoms with Gasteiger partial charge >= 0.3 is 0 Å². The van der Waals surface area contributed by atoms with E-state index in [9.17, 15) is 4.39 Å². The fourth-order valence-electron chi connectivity index (χ4n) is 1.95. The SMILES string of the molecule is CC(NCc1cc(F)cc(Cl)c1)c1ccc(Cl)cc1Cl. The highest BCUT2D eigenvalue weighted by Gasteiger charge is 2.10. The number of hydrogen-bond donors (Lipinski definition) is 1. The van der Waals surface area contributed by atoms with Gasteiger partial charge in [0.2, 0.25) is 0 Å². The van der Waals surface area contributed by atoms with E-state index in [2.05, 4.69) is 5.32 Å². The van der Waals surface area contributed by atoms with E-state index in [0.717, 1.165) is 11.1 Å². The van der Waals surface area contributed by atoms with Crippen LogP contribution < -0.4 is 5.32 Å². The minimum absolute atomic E-state index is 0.0156. The molecule has 0 aliphatic rings. The molecule has 0 heterocycles. The first kappa shape index (κ1) is 15.6. The summed E-state index contributed by atoms with van der Waals surface area (Å²) < 4.78 is 13.2. The van der Waals surface area contributed by atoms with Gasteiger partial charge in [-0.15, -0.1) is 0 Å². The molecule has 2 aromatic carbocycles. The van der Waals surface area contributed by atoms with Crippen LogP contribution in [-0.4, -0.2) is 0 Å². The highest BCUT2D eigenvalue weighted by molar-refractivity contribution is 6.35. The summed E-state index contributed by atoms with van der Waals surface area (Å²) in [6.07, 6.45) is 0. The van der Waals surface area contributed by atoms with E-state index in [-0.39, 0.29) is 11.9 Å². The van der Waals surface area contributed by atoms with Crippen molar-refractivity contribution in [2.75, 3.05) is 0 Å². The van der Waals surface area contributed by atoms with Crippen LogP contribution in [0.15, 0.2) is 36.4 Å². The predicted molar refractivity (Wildman–Crippen MR) is 83.1 cm³/mol. The zero-order chi connectivity index (χ0) is 14.7. The molecule has 106 valence electrons. The Hall–Kier alpha value is -0.800. The zero-order valence-corrected chi connectivity index (χ0v) is 13.0. The molecule has 5 heteroatoms. The number of hydrogen-bond acceptors (Lipinski definition) is 1. The minimum atomic E-state index is -0.341. The first-order chi connectivity index (χ1) is 9.45. The maximum Gasteiger partial charge on any atom is 0.125 e. The van der Waals surface area contributed by atoms with Crippen molar-refractivity contribution in [2.24, 2.45) is 0 Å². The fourth-order valence-corrected chi connectivity index (χ4v) is 2.76. The number of halogens is 4. The Morgan fingerprint density at radius 2 is 1.80 bits per heavy atom. The largest absolute Gasteiger partial charge is 0.306 e. The van der Waals surface area contributed by atoms with Crippen LogP contribution in [0.2, 0.25) is 15.1 Å². The molecule has 1 nitrogen and oxygen atoms in total. The highest BCUT2D eigenvalue weighted by atomic mass is 35.5. The maximum atomic E-state index is 13.2. The van der Waals surface area contributed by atoms with Crippen LogP contribution in [0.3, 0.4) is 0 Å². The van der Waals surface area contributed by atoms with Crippen molar-refractivity contribution in [3.05, 3.63) is 68.4 Å². The molecule has 0 aromatic heterocycles. The molecule has 0 saturated carbocycles. The number of nitrogens with one attached hydrogen (secondary N) is 1. The molecular formula is C15H13Cl3FN. The van der Waals surface area contributed by atoms with Gasteiger partial charge in [0.1, 0.15) is 5.82 Å². The smallest absolute Gasteiger partial charge is 0.125 e. The lowest BCUT2D eigenvalue weighted by atomic mass is 10.1. The molecule has 0 saturated heterocycles. The molecule has 0 aliphatic heterocycles. The standard InChI is InChI=1S/C15H13Cl3FN/c1-9(14-3-2-11(16)7-15(14)18)20-8-10-4-12(17)6-13(19)5-10/h2-7,9,20H,8H2,1H3. The van der Waals surface area contributed by atoms with Crippen LogP contribution in [0.1, 0.15) is 24.1 Å². The Morgan fingerprint density at radius 1 is 1.05 bits per heavy atom. The lowest BCUT2D eigenvalue weighted by molar-refractivity contribution is 0.569. The Kier molecular flexibility index (Phi) is 5.28. The van der Waals surface area contributed by atoms with Crippen LogP contribution in [0.4, 0.5) is 4.39 Å². The van der Waals surface area contributed by atoms with Crippen LogP contribution >= 0.6 is 34.8 Å². The first-order valence-corrected chi connectivity index (χ1v) is 7.22. The molecule has 1 N–H and O–H groups in total. The topological polar surface area (TPSA) is 12.0 Å². The second kappa shape index (κ2) is 6.77. The third kappa shape index (κ3) is 4.10. The van der Waals surface area contributed by atoms with E-state index < -0.39 is 0 Å². The summed E-state index contributed by atoms with van der Waals surface area (Å²) >= 11 is 17.8. The highest BCUT2D eigenvalue weighted by Crippen LogP contribution is 2.26. The molecule has 2 rings (SSSR count). The van der Waals surface area contributed by atoms with E-state index in [0.29, 0.717) is 21.6 Å². The third-order valence-corrected chi connectivity index (χ3v) is 3.74. The van der Waals surface area contributed by atoms with Crippen molar-refractivity contribution in [2.45, 2.75) is 19.5 Å². The van der Waals surface area contributed by atoms with Gasteiger partial charge in [0.25, 0.3) is 0 Å². The van der Waals surface area contributed by atoms with E-state index in [1.165, 1.54) is 12.1 Å². The van der Waals surface area contributed by atoms with Crippen molar-refractivity contribution in [1.82, 2.24) is 5.32 Å². The Bertz CT molecular complexity index is 596. The van der Waals surface area contributed by atoms with E-state index in [4.69, 9.17) is 34.8 Å². The molecule has 1 atom stereocenters. The Labute approximate surface area is 132 Å². The molecule has 0 fully saturated rings. The lowest BCUT2D eigenvalue weighted by Gasteiger charge is -2.16. The van der Waals surface area contributed by atoms with Gasteiger partial charge in [-0.05, 0) is 48.4 Å². The summed E-state index contributed by atoms with van der Waals surface area (Å²) in [7, 11) is 0. The van der Waals surface area contributed by atoms with Gasteiger partial charge in [0, 0.05) is 27.7 Å². The molecule has 0 bridgehead atoms. The molecule has 20 heavy (non-hydrogen) atoms. The summed E-state index contributed by atoms with van der Waals surface area (Å²) in [4.78, 5) is 0. The van der Waals surface area contributed by atoms with Crippen LogP contribution in [0.25, 0.3) is 0 Å². The molecular weight excluding hydrogens is 320 g/mol. The maximum absolute atomic E-state index is 13.2. The third-order valence-electron chi connectivity index (χ3n) is 2.96. The average Bonchev–Trinajstić information content (AvgIpc) is 2.35. The van der Waals surface area contributed by atoms with E-state index in [1.807, 2.05) is 13.0 Å². The number of benzene rings is 2. The van der Waals surface area contributed by atoms with Crippen LogP contribution in [0.5, 0.6) is 0 Å². The second-order valence-electron chi connectivity index (χ2n) is 4.55. The normalized spacial score (nSPS) is 12.4. The van der Waals surface area contributed by atoms with Gasteiger partial charge < -0.3 is 5.32 Å². The molecule has 0 amide bonds. The van der Waals surface area contributed by atoms with Crippen molar-refractivity contribution in [1.29, 1.82) is 0 Å². The second-order valence-corrected chi connectivity index (χ2v) is 5.83. The Balaban J connectivity index is 2.06. The average molecular weight is 333 g/mol.